The van der Waals surface area contributed by atoms with E-state index in [-0.39, 0.29) is 35.2 Å². The molecule has 4 N–H and O–H groups in total. The summed E-state index contributed by atoms with van der Waals surface area (Å²) in [5.74, 6) is 6.69. The Bertz CT molecular complexity index is 1180. The third-order valence-corrected chi connectivity index (χ3v) is 8.68. The molecule has 3 saturated carbocycles. The summed E-state index contributed by atoms with van der Waals surface area (Å²) in [6, 6.07) is 1.96. The zero-order valence-corrected chi connectivity index (χ0v) is 22.5. The average molecular weight is 522 g/mol. The lowest BCUT2D eigenvalue weighted by molar-refractivity contribution is -0.143. The van der Waals surface area contributed by atoms with Crippen molar-refractivity contribution in [3.05, 3.63) is 17.5 Å². The molecule has 5 rings (SSSR count). The van der Waals surface area contributed by atoms with E-state index in [0.717, 1.165) is 57.2 Å². The molecule has 10 nitrogen and oxygen atoms in total. The largest absolute Gasteiger partial charge is 0.473 e. The average Bonchev–Trinajstić information content (AvgIpc) is 3.66. The van der Waals surface area contributed by atoms with E-state index in [2.05, 4.69) is 32.0 Å². The van der Waals surface area contributed by atoms with Crippen LogP contribution in [0.4, 0.5) is 5.82 Å². The third-order valence-electron chi connectivity index (χ3n) is 8.68. The molecule has 3 atom stereocenters. The lowest BCUT2D eigenvalue weighted by Gasteiger charge is -2.38. The van der Waals surface area contributed by atoms with Crippen LogP contribution in [0.3, 0.4) is 0 Å². The zero-order valence-electron chi connectivity index (χ0n) is 22.5. The lowest BCUT2D eigenvalue weighted by atomic mass is 9.62. The second-order valence-electron chi connectivity index (χ2n) is 11.3. The summed E-state index contributed by atoms with van der Waals surface area (Å²) in [7, 11) is 2.10. The fourth-order valence-electron chi connectivity index (χ4n) is 6.28. The molecule has 1 spiro atoms. The number of likely N-dealkylation sites (N-methyl/N-ethyl adjacent to an activating group) is 1. The van der Waals surface area contributed by atoms with Crippen LogP contribution in [0.5, 0.6) is 5.88 Å². The van der Waals surface area contributed by atoms with E-state index in [1.54, 1.807) is 12.3 Å². The van der Waals surface area contributed by atoms with Gasteiger partial charge in [0.1, 0.15) is 11.9 Å². The number of ketones is 2. The van der Waals surface area contributed by atoms with E-state index in [0.29, 0.717) is 48.9 Å². The topological polar surface area (TPSA) is 149 Å². The van der Waals surface area contributed by atoms with Crippen LogP contribution >= 0.6 is 0 Å². The Labute approximate surface area is 224 Å². The molecule has 4 aliphatic rings. The second kappa shape index (κ2) is 10.9. The Morgan fingerprint density at radius 2 is 1.95 bits per heavy atom. The van der Waals surface area contributed by atoms with Gasteiger partial charge in [0.15, 0.2) is 17.4 Å². The molecule has 1 aliphatic heterocycles. The minimum atomic E-state index is -0.941. The van der Waals surface area contributed by atoms with Gasteiger partial charge in [-0.15, -0.1) is 0 Å². The molecule has 0 bridgehead atoms. The number of hydrazone groups is 1. The molecule has 2 heterocycles. The highest BCUT2D eigenvalue weighted by Gasteiger charge is 2.49. The Balaban J connectivity index is 1.49. The van der Waals surface area contributed by atoms with Crippen LogP contribution in [0, 0.1) is 11.3 Å². The van der Waals surface area contributed by atoms with Crippen LogP contribution in [0.25, 0.3) is 5.70 Å². The van der Waals surface area contributed by atoms with Gasteiger partial charge >= 0.3 is 0 Å². The van der Waals surface area contributed by atoms with Gasteiger partial charge in [0.25, 0.3) is 0 Å². The van der Waals surface area contributed by atoms with E-state index < -0.39 is 5.41 Å². The van der Waals surface area contributed by atoms with Crippen LogP contribution in [0.15, 0.2) is 21.7 Å². The van der Waals surface area contributed by atoms with Crippen LogP contribution in [0.2, 0.25) is 0 Å². The molecular formula is C28H39N7O3. The molecule has 0 radical (unpaired) electrons. The van der Waals surface area contributed by atoms with Crippen LogP contribution < -0.4 is 16.3 Å². The van der Waals surface area contributed by atoms with Crippen molar-refractivity contribution in [1.82, 2.24) is 14.9 Å². The number of rotatable bonds is 7. The zero-order chi connectivity index (χ0) is 26.9. The predicted octanol–water partition coefficient (Wildman–Crippen LogP) is 3.32. The Hall–Kier alpha value is -3.14. The smallest absolute Gasteiger partial charge is 0.219 e. The molecule has 0 unspecified atom stereocenters. The van der Waals surface area contributed by atoms with Crippen LogP contribution in [-0.2, 0) is 9.59 Å². The van der Waals surface area contributed by atoms with Crippen molar-refractivity contribution in [2.45, 2.75) is 89.7 Å². The van der Waals surface area contributed by atoms with Crippen molar-refractivity contribution in [3.63, 3.8) is 0 Å². The minimum Gasteiger partial charge on any atom is -0.473 e. The maximum atomic E-state index is 13.7. The number of aromatic nitrogens is 2. The number of ether oxygens (including phenoxy) is 1. The van der Waals surface area contributed by atoms with E-state index in [1.165, 1.54) is 0 Å². The summed E-state index contributed by atoms with van der Waals surface area (Å²) in [5, 5.41) is 3.87. The van der Waals surface area contributed by atoms with Crippen molar-refractivity contribution in [3.8, 4) is 5.88 Å². The summed E-state index contributed by atoms with van der Waals surface area (Å²) < 4.78 is 6.30. The maximum absolute atomic E-state index is 13.7. The van der Waals surface area contributed by atoms with Gasteiger partial charge in [0.2, 0.25) is 5.88 Å². The number of hydrogen-bond donors (Lipinski definition) is 2. The monoisotopic (exact) mass is 521 g/mol. The number of likely N-dealkylation sites (tertiary alicyclic amines) is 1. The van der Waals surface area contributed by atoms with Crippen molar-refractivity contribution in [1.29, 1.82) is 0 Å². The number of carbonyl (C=O) groups excluding carboxylic acids is 2. The summed E-state index contributed by atoms with van der Waals surface area (Å²) in [4.78, 5) is 42.7. The number of Topliss-reactive ketones (excluding diaryl/α,β-unsaturated/α-hetero) is 2. The van der Waals surface area contributed by atoms with Gasteiger partial charge in [-0.05, 0) is 78.3 Å². The van der Waals surface area contributed by atoms with Crippen molar-refractivity contribution < 1.29 is 14.3 Å². The quantitative estimate of drug-likeness (QED) is 0.182. The van der Waals surface area contributed by atoms with Crippen molar-refractivity contribution in [2.24, 2.45) is 33.0 Å². The fourth-order valence-corrected chi connectivity index (χ4v) is 6.28. The first kappa shape index (κ1) is 26.5. The number of carbonyl (C=O) groups is 2. The number of aliphatic imine (C=N–C) groups is 1. The molecule has 10 heteroatoms. The molecule has 0 amide bonds. The minimum absolute atomic E-state index is 0.0465. The highest BCUT2D eigenvalue weighted by Crippen LogP contribution is 2.45. The number of nitrogens with zero attached hydrogens (tertiary/aromatic N) is 5. The van der Waals surface area contributed by atoms with Crippen molar-refractivity contribution >= 4 is 35.0 Å². The van der Waals surface area contributed by atoms with Gasteiger partial charge in [-0.1, -0.05) is 6.42 Å². The number of hydrogen-bond acceptors (Lipinski definition) is 10. The first-order valence-electron chi connectivity index (χ1n) is 14.0. The molecule has 1 aromatic heterocycles. The first-order chi connectivity index (χ1) is 18.3. The second-order valence-corrected chi connectivity index (χ2v) is 11.3. The van der Waals surface area contributed by atoms with E-state index in [4.69, 9.17) is 16.3 Å². The molecule has 1 aromatic rings. The van der Waals surface area contributed by atoms with Crippen LogP contribution in [0.1, 0.15) is 83.4 Å². The van der Waals surface area contributed by atoms with Gasteiger partial charge in [-0.2, -0.15) is 10.1 Å². The van der Waals surface area contributed by atoms with Crippen LogP contribution in [-0.4, -0.2) is 64.1 Å². The van der Waals surface area contributed by atoms with Crippen molar-refractivity contribution in [2.75, 3.05) is 13.6 Å². The molecule has 38 heavy (non-hydrogen) atoms. The molecular weight excluding hydrogens is 482 g/mol. The SMILES string of the molecule is C[C@H](Oc1cc(N=CC(=NN)C2CC2)nc(C(N)=C2CCC[C@@]3(CCCCC3=O)C2=O)n1)[C@@H]1CCCN1C. The molecule has 4 fully saturated rings. The lowest BCUT2D eigenvalue weighted by Crippen LogP contribution is -2.45. The van der Waals surface area contributed by atoms with Gasteiger partial charge in [0, 0.05) is 30.0 Å². The predicted molar refractivity (Wildman–Crippen MR) is 146 cm³/mol. The van der Waals surface area contributed by atoms with Gasteiger partial charge in [0.05, 0.1) is 23.0 Å². The molecule has 3 aliphatic carbocycles. The highest BCUT2D eigenvalue weighted by atomic mass is 16.5. The Morgan fingerprint density at radius 1 is 1.16 bits per heavy atom. The first-order valence-corrected chi connectivity index (χ1v) is 14.0. The summed E-state index contributed by atoms with van der Waals surface area (Å²) in [5.41, 5.74) is 7.05. The Morgan fingerprint density at radius 3 is 2.63 bits per heavy atom. The van der Waals surface area contributed by atoms with Gasteiger partial charge < -0.3 is 16.3 Å². The van der Waals surface area contributed by atoms with E-state index in [1.807, 2.05) is 6.92 Å². The summed E-state index contributed by atoms with van der Waals surface area (Å²) in [6.07, 6.45) is 10.4. The normalized spacial score (nSPS) is 29.3. The van der Waals surface area contributed by atoms with E-state index >= 15 is 0 Å². The number of allylic oxidation sites excluding steroid dienone is 1. The molecule has 1 saturated heterocycles. The standard InChI is InChI=1S/C28H39N7O3/c1-17(21-8-6-14-35(21)2)38-24-15-23(31-16-20(34-30)18-10-11-18)32-27(33-24)25(29)19-7-5-13-28(26(19)37)12-4-3-9-22(28)36/h15-18,21H,3-14,29-30H2,1-2H3/t17-,21-,28+/m0/s1. The van der Waals surface area contributed by atoms with Gasteiger partial charge in [-0.25, -0.2) is 9.98 Å². The van der Waals surface area contributed by atoms with Gasteiger partial charge in [-0.3, -0.25) is 14.5 Å². The Kier molecular flexibility index (Phi) is 7.61. The maximum Gasteiger partial charge on any atom is 0.219 e. The summed E-state index contributed by atoms with van der Waals surface area (Å²) in [6.45, 7) is 3.07. The highest BCUT2D eigenvalue weighted by molar-refractivity contribution is 6.32. The molecule has 0 aromatic carbocycles. The molecule has 204 valence electrons. The number of nitrogens with two attached hydrogens (primary N) is 2. The summed E-state index contributed by atoms with van der Waals surface area (Å²) >= 11 is 0. The fraction of sp³-hybridized carbons (Fsp3) is 0.643. The van der Waals surface area contributed by atoms with E-state index in [9.17, 15) is 9.59 Å². The third kappa shape index (κ3) is 5.23.